The van der Waals surface area contributed by atoms with Crippen molar-refractivity contribution in [3.63, 3.8) is 0 Å². The molecule has 3 rings (SSSR count). The largest absolute Gasteiger partial charge is 0.327 e. The molecule has 0 radical (unpaired) electrons. The van der Waals surface area contributed by atoms with Crippen molar-refractivity contribution in [1.29, 1.82) is 0 Å². The van der Waals surface area contributed by atoms with Crippen LogP contribution in [0.5, 0.6) is 0 Å². The summed E-state index contributed by atoms with van der Waals surface area (Å²) in [5.41, 5.74) is 6.50. The third-order valence-corrected chi connectivity index (χ3v) is 5.47. The Morgan fingerprint density at radius 1 is 1.27 bits per heavy atom. The van der Waals surface area contributed by atoms with Crippen LogP contribution in [0.25, 0.3) is 0 Å². The van der Waals surface area contributed by atoms with Gasteiger partial charge in [0.05, 0.1) is 5.69 Å². The number of fused-ring (bicyclic) bond motifs is 2. The smallest absolute Gasteiger partial charge is 0.227 e. The Hall–Kier alpha value is -0.650. The molecule has 1 aromatic rings. The number of carbonyl (C=O) groups is 1. The molecule has 2 aliphatic rings. The molecular formula is C16H21BrClFN2O. The molecule has 0 aliphatic heterocycles. The van der Waals surface area contributed by atoms with Gasteiger partial charge in [-0.05, 0) is 55.7 Å². The van der Waals surface area contributed by atoms with Crippen LogP contribution in [-0.2, 0) is 4.79 Å². The van der Waals surface area contributed by atoms with Gasteiger partial charge in [-0.15, -0.1) is 12.4 Å². The fourth-order valence-corrected chi connectivity index (χ4v) is 4.16. The number of halogens is 3. The molecular weight excluding hydrogens is 371 g/mol. The highest BCUT2D eigenvalue weighted by Gasteiger charge is 2.40. The molecule has 2 aliphatic carbocycles. The van der Waals surface area contributed by atoms with Crippen molar-refractivity contribution >= 4 is 39.9 Å². The second kappa shape index (κ2) is 7.28. The molecule has 3 N–H and O–H groups in total. The van der Waals surface area contributed by atoms with E-state index in [0.717, 1.165) is 25.7 Å². The number of rotatable bonds is 2. The number of nitrogens with one attached hydrogen (secondary N) is 1. The van der Waals surface area contributed by atoms with Crippen LogP contribution >= 0.6 is 28.3 Å². The monoisotopic (exact) mass is 390 g/mol. The van der Waals surface area contributed by atoms with E-state index < -0.39 is 5.82 Å². The minimum absolute atomic E-state index is 0. The fourth-order valence-electron chi connectivity index (χ4n) is 3.83. The van der Waals surface area contributed by atoms with E-state index in [1.165, 1.54) is 12.5 Å². The van der Waals surface area contributed by atoms with Gasteiger partial charge in [-0.3, -0.25) is 4.79 Å². The number of hydrogen-bond acceptors (Lipinski definition) is 2. The molecule has 0 spiro atoms. The molecule has 1 amide bonds. The molecule has 1 aromatic carbocycles. The molecule has 2 bridgehead atoms. The first-order valence-electron chi connectivity index (χ1n) is 7.56. The predicted octanol–water partition coefficient (Wildman–Crippen LogP) is 4.10. The number of anilines is 1. The van der Waals surface area contributed by atoms with Gasteiger partial charge < -0.3 is 11.1 Å². The van der Waals surface area contributed by atoms with Crippen molar-refractivity contribution in [3.05, 3.63) is 28.5 Å². The number of nitrogens with two attached hydrogens (primary N) is 1. The van der Waals surface area contributed by atoms with Crippen LogP contribution in [0, 0.1) is 23.6 Å². The fraction of sp³-hybridized carbons (Fsp3) is 0.562. The summed E-state index contributed by atoms with van der Waals surface area (Å²) < 4.78 is 14.5. The van der Waals surface area contributed by atoms with E-state index in [4.69, 9.17) is 5.73 Å². The summed E-state index contributed by atoms with van der Waals surface area (Å²) >= 11 is 3.21. The molecule has 6 heteroatoms. The SMILES string of the molecule is Cl.NC1C2CCCC1CC(C(=O)Nc1ccc(Br)cc1F)C2. The first kappa shape index (κ1) is 17.7. The van der Waals surface area contributed by atoms with E-state index in [-0.39, 0.29) is 36.0 Å². The third-order valence-electron chi connectivity index (χ3n) is 4.97. The highest BCUT2D eigenvalue weighted by atomic mass is 79.9. The highest BCUT2D eigenvalue weighted by Crippen LogP contribution is 2.42. The van der Waals surface area contributed by atoms with E-state index in [1.807, 2.05) is 0 Å². The molecule has 2 saturated carbocycles. The molecule has 2 fully saturated rings. The van der Waals surface area contributed by atoms with Crippen molar-refractivity contribution in [2.75, 3.05) is 5.32 Å². The lowest BCUT2D eigenvalue weighted by atomic mass is 9.65. The van der Waals surface area contributed by atoms with Gasteiger partial charge in [0.25, 0.3) is 0 Å². The summed E-state index contributed by atoms with van der Waals surface area (Å²) in [7, 11) is 0. The first-order valence-corrected chi connectivity index (χ1v) is 8.35. The molecule has 3 nitrogen and oxygen atoms in total. The lowest BCUT2D eigenvalue weighted by molar-refractivity contribution is -0.122. The van der Waals surface area contributed by atoms with Crippen LogP contribution < -0.4 is 11.1 Å². The Kier molecular flexibility index (Phi) is 5.86. The average molecular weight is 392 g/mol. The van der Waals surface area contributed by atoms with Crippen LogP contribution in [0.2, 0.25) is 0 Å². The lowest BCUT2D eigenvalue weighted by Crippen LogP contribution is -2.48. The van der Waals surface area contributed by atoms with Gasteiger partial charge in [0.2, 0.25) is 5.91 Å². The van der Waals surface area contributed by atoms with Gasteiger partial charge in [0.1, 0.15) is 5.82 Å². The third kappa shape index (κ3) is 3.63. The Morgan fingerprint density at radius 2 is 1.91 bits per heavy atom. The summed E-state index contributed by atoms with van der Waals surface area (Å²) in [6.45, 7) is 0. The van der Waals surface area contributed by atoms with Crippen LogP contribution in [0.4, 0.5) is 10.1 Å². The zero-order valence-corrected chi connectivity index (χ0v) is 14.6. The van der Waals surface area contributed by atoms with Crippen molar-refractivity contribution in [3.8, 4) is 0 Å². The zero-order valence-electron chi connectivity index (χ0n) is 12.2. The molecule has 0 aromatic heterocycles. The Balaban J connectivity index is 0.00000176. The maximum Gasteiger partial charge on any atom is 0.227 e. The number of carbonyl (C=O) groups excluding carboxylic acids is 1. The quantitative estimate of drug-likeness (QED) is 0.797. The summed E-state index contributed by atoms with van der Waals surface area (Å²) in [4.78, 5) is 12.4. The van der Waals surface area contributed by atoms with E-state index in [2.05, 4.69) is 21.2 Å². The first-order chi connectivity index (χ1) is 10.0. The number of hydrogen-bond donors (Lipinski definition) is 2. The highest BCUT2D eigenvalue weighted by molar-refractivity contribution is 9.10. The van der Waals surface area contributed by atoms with Crippen LogP contribution in [-0.4, -0.2) is 11.9 Å². The molecule has 22 heavy (non-hydrogen) atoms. The summed E-state index contributed by atoms with van der Waals surface area (Å²) in [6.07, 6.45) is 5.13. The van der Waals surface area contributed by atoms with E-state index in [1.54, 1.807) is 12.1 Å². The van der Waals surface area contributed by atoms with E-state index >= 15 is 0 Å². The maximum absolute atomic E-state index is 13.8. The molecule has 0 heterocycles. The second-order valence-electron chi connectivity index (χ2n) is 6.31. The molecule has 2 atom stereocenters. The minimum atomic E-state index is -0.412. The van der Waals surface area contributed by atoms with Crippen molar-refractivity contribution in [1.82, 2.24) is 0 Å². The molecule has 2 unspecified atom stereocenters. The van der Waals surface area contributed by atoms with Gasteiger partial charge in [-0.2, -0.15) is 0 Å². The Labute approximate surface area is 144 Å². The lowest BCUT2D eigenvalue weighted by Gasteiger charge is -2.43. The van der Waals surface area contributed by atoms with Gasteiger partial charge in [-0.1, -0.05) is 22.4 Å². The minimum Gasteiger partial charge on any atom is -0.327 e. The van der Waals surface area contributed by atoms with Gasteiger partial charge >= 0.3 is 0 Å². The van der Waals surface area contributed by atoms with Crippen LogP contribution in [0.3, 0.4) is 0 Å². The summed E-state index contributed by atoms with van der Waals surface area (Å²) in [5.74, 6) is 0.375. The molecule has 122 valence electrons. The number of amides is 1. The number of benzene rings is 1. The normalized spacial score (nSPS) is 30.3. The van der Waals surface area contributed by atoms with Crippen molar-refractivity contribution in [2.45, 2.75) is 38.1 Å². The summed E-state index contributed by atoms with van der Waals surface area (Å²) in [6, 6.07) is 4.92. The summed E-state index contributed by atoms with van der Waals surface area (Å²) in [5, 5.41) is 2.74. The maximum atomic E-state index is 13.8. The van der Waals surface area contributed by atoms with Gasteiger partial charge in [0.15, 0.2) is 0 Å². The second-order valence-corrected chi connectivity index (χ2v) is 7.23. The Bertz CT molecular complexity index is 543. The Morgan fingerprint density at radius 3 is 2.50 bits per heavy atom. The average Bonchev–Trinajstić information content (AvgIpc) is 2.41. The van der Waals surface area contributed by atoms with Crippen LogP contribution in [0.15, 0.2) is 22.7 Å². The van der Waals surface area contributed by atoms with Gasteiger partial charge in [0, 0.05) is 16.4 Å². The van der Waals surface area contributed by atoms with Crippen molar-refractivity contribution < 1.29 is 9.18 Å². The van der Waals surface area contributed by atoms with Crippen LogP contribution in [0.1, 0.15) is 32.1 Å². The van der Waals surface area contributed by atoms with Crippen molar-refractivity contribution in [2.24, 2.45) is 23.5 Å². The van der Waals surface area contributed by atoms with E-state index in [0.29, 0.717) is 16.3 Å². The molecule has 0 saturated heterocycles. The zero-order chi connectivity index (χ0) is 15.0. The standard InChI is InChI=1S/C16H20BrFN2O.ClH/c17-12-4-5-14(13(18)8-12)20-16(21)11-6-9-2-1-3-10(7-11)15(9)19;/h4-5,8-11,15H,1-3,6-7,19H2,(H,20,21);1H. The van der Waals surface area contributed by atoms with E-state index in [9.17, 15) is 9.18 Å². The predicted molar refractivity (Wildman–Crippen MR) is 91.5 cm³/mol. The topological polar surface area (TPSA) is 55.1 Å². The van der Waals surface area contributed by atoms with Gasteiger partial charge in [-0.25, -0.2) is 4.39 Å².